The van der Waals surface area contributed by atoms with Gasteiger partial charge in [0.1, 0.15) is 11.5 Å². The zero-order valence-electron chi connectivity index (χ0n) is 21.7. The molecular formula is C25H32BF3N6O4. The van der Waals surface area contributed by atoms with Crippen LogP contribution in [0.1, 0.15) is 36.8 Å². The van der Waals surface area contributed by atoms with Gasteiger partial charge in [0, 0.05) is 51.0 Å². The molecule has 2 N–H and O–H groups in total. The number of rotatable bonds is 9. The summed E-state index contributed by atoms with van der Waals surface area (Å²) in [6.45, 7) is 3.40. The van der Waals surface area contributed by atoms with Crippen LogP contribution in [0.15, 0.2) is 36.5 Å². The Morgan fingerprint density at radius 3 is 2.51 bits per heavy atom. The summed E-state index contributed by atoms with van der Waals surface area (Å²) < 4.78 is 43.9. The minimum atomic E-state index is -4.66. The third-order valence-corrected chi connectivity index (χ3v) is 7.25. The molecule has 1 amide bonds. The van der Waals surface area contributed by atoms with E-state index in [1.807, 2.05) is 17.0 Å². The predicted molar refractivity (Wildman–Crippen MR) is 141 cm³/mol. The maximum atomic E-state index is 13.2. The molecule has 2 aromatic rings. The molecule has 0 bridgehead atoms. The van der Waals surface area contributed by atoms with Crippen LogP contribution >= 0.6 is 0 Å². The Morgan fingerprint density at radius 2 is 1.87 bits per heavy atom. The number of aromatic nitrogens is 1. The SMILES string of the molecule is COBNc1cc(CN2CCC(C(=O)N3CCC(Nc4ccc(C(F)(F)F)cc4[N+](=O)[O-])CC3)CC2)ccn1. The van der Waals surface area contributed by atoms with Gasteiger partial charge in [0.05, 0.1) is 10.5 Å². The highest BCUT2D eigenvalue weighted by atomic mass is 19.4. The van der Waals surface area contributed by atoms with Gasteiger partial charge in [0.25, 0.3) is 5.69 Å². The van der Waals surface area contributed by atoms with E-state index in [9.17, 15) is 28.1 Å². The number of nitrogens with zero attached hydrogens (tertiary/aromatic N) is 4. The van der Waals surface area contributed by atoms with Gasteiger partial charge in [-0.2, -0.15) is 13.2 Å². The Bertz CT molecular complexity index is 1150. The van der Waals surface area contributed by atoms with Gasteiger partial charge in [-0.15, -0.1) is 0 Å². The summed E-state index contributed by atoms with van der Waals surface area (Å²) in [6, 6.07) is 6.30. The van der Waals surface area contributed by atoms with E-state index in [4.69, 9.17) is 4.65 Å². The minimum Gasteiger partial charge on any atom is -0.422 e. The monoisotopic (exact) mass is 548 g/mol. The molecule has 1 aromatic carbocycles. The first-order valence-corrected chi connectivity index (χ1v) is 12.9. The fourth-order valence-electron chi connectivity index (χ4n) is 5.12. The largest absolute Gasteiger partial charge is 0.422 e. The average molecular weight is 548 g/mol. The van der Waals surface area contributed by atoms with Crippen molar-refractivity contribution in [2.24, 2.45) is 5.92 Å². The normalized spacial score (nSPS) is 17.6. The highest BCUT2D eigenvalue weighted by molar-refractivity contribution is 6.32. The van der Waals surface area contributed by atoms with Crippen LogP contribution in [0.25, 0.3) is 0 Å². The number of hydrogen-bond donors (Lipinski definition) is 2. The molecule has 2 saturated heterocycles. The lowest BCUT2D eigenvalue weighted by atomic mass is 9.93. The summed E-state index contributed by atoms with van der Waals surface area (Å²) in [5, 5.41) is 17.5. The number of carbonyl (C=O) groups excluding carboxylic acids is 1. The first-order valence-electron chi connectivity index (χ1n) is 12.9. The van der Waals surface area contributed by atoms with E-state index in [0.717, 1.165) is 56.0 Å². The minimum absolute atomic E-state index is 0.0434. The Labute approximate surface area is 225 Å². The second-order valence-electron chi connectivity index (χ2n) is 9.94. The first-order chi connectivity index (χ1) is 18.6. The Morgan fingerprint density at radius 1 is 1.15 bits per heavy atom. The van der Waals surface area contributed by atoms with Crippen molar-refractivity contribution in [3.8, 4) is 0 Å². The van der Waals surface area contributed by atoms with Crippen LogP contribution in [-0.4, -0.2) is 72.6 Å². The van der Waals surface area contributed by atoms with Crippen molar-refractivity contribution in [3.63, 3.8) is 0 Å². The Hall–Kier alpha value is -3.39. The summed E-state index contributed by atoms with van der Waals surface area (Å²) >= 11 is 0. The zero-order chi connectivity index (χ0) is 28.0. The van der Waals surface area contributed by atoms with E-state index < -0.39 is 22.4 Å². The fourth-order valence-corrected chi connectivity index (χ4v) is 5.12. The standard InChI is InChI=1S/C25H32BF3N6O4/c1-39-26-32-23-14-17(4-9-30-23)16-33-10-5-18(6-11-33)24(36)34-12-7-20(8-13-34)31-21-3-2-19(25(27,28)29)15-22(21)35(37)38/h2-4,9,14-15,18,20,26,31H,5-8,10-13,16H2,1H3,(H,30,32). The van der Waals surface area contributed by atoms with Crippen molar-refractivity contribution in [1.82, 2.24) is 14.8 Å². The van der Waals surface area contributed by atoms with E-state index in [1.54, 1.807) is 13.3 Å². The molecule has 210 valence electrons. The van der Waals surface area contributed by atoms with E-state index in [2.05, 4.69) is 20.4 Å². The van der Waals surface area contributed by atoms with Crippen LogP contribution < -0.4 is 10.5 Å². The quantitative estimate of drug-likeness (QED) is 0.278. The number of likely N-dealkylation sites (tertiary alicyclic amines) is 2. The summed E-state index contributed by atoms with van der Waals surface area (Å²) in [5.74, 6) is 0.840. The number of halogens is 3. The van der Waals surface area contributed by atoms with Crippen LogP contribution in [0.2, 0.25) is 0 Å². The zero-order valence-corrected chi connectivity index (χ0v) is 21.7. The van der Waals surface area contributed by atoms with Gasteiger partial charge >= 0.3 is 13.8 Å². The molecule has 0 aliphatic carbocycles. The molecule has 1 aromatic heterocycles. The molecule has 0 saturated carbocycles. The molecule has 2 aliphatic rings. The van der Waals surface area contributed by atoms with Crippen LogP contribution in [0.4, 0.5) is 30.4 Å². The molecule has 14 heteroatoms. The van der Waals surface area contributed by atoms with Crippen molar-refractivity contribution < 1.29 is 27.5 Å². The second-order valence-corrected chi connectivity index (χ2v) is 9.94. The first kappa shape index (κ1) is 28.6. The van der Waals surface area contributed by atoms with Gasteiger partial charge in [-0.1, -0.05) is 0 Å². The summed E-state index contributed by atoms with van der Waals surface area (Å²) in [4.78, 5) is 32.2. The summed E-state index contributed by atoms with van der Waals surface area (Å²) in [7, 11) is 1.99. The molecule has 10 nitrogen and oxygen atoms in total. The van der Waals surface area contributed by atoms with Crippen LogP contribution in [0.3, 0.4) is 0 Å². The second kappa shape index (κ2) is 12.6. The van der Waals surface area contributed by atoms with Crippen LogP contribution in [0, 0.1) is 16.0 Å². The lowest BCUT2D eigenvalue weighted by molar-refractivity contribution is -0.384. The number of nitro benzene ring substituents is 1. The van der Waals surface area contributed by atoms with Crippen LogP contribution in [-0.2, 0) is 22.2 Å². The van der Waals surface area contributed by atoms with E-state index in [-0.39, 0.29) is 23.6 Å². The number of nitro groups is 1. The van der Waals surface area contributed by atoms with Gasteiger partial charge in [0.15, 0.2) is 0 Å². The Balaban J connectivity index is 1.24. The van der Waals surface area contributed by atoms with Crippen LogP contribution in [0.5, 0.6) is 0 Å². The predicted octanol–water partition coefficient (Wildman–Crippen LogP) is 3.65. The lowest BCUT2D eigenvalue weighted by Gasteiger charge is -2.37. The van der Waals surface area contributed by atoms with Crippen molar-refractivity contribution in [1.29, 1.82) is 0 Å². The molecule has 39 heavy (non-hydrogen) atoms. The molecule has 4 rings (SSSR count). The molecule has 2 aliphatic heterocycles. The van der Waals surface area contributed by atoms with Crippen molar-refractivity contribution >= 4 is 30.7 Å². The van der Waals surface area contributed by atoms with E-state index >= 15 is 0 Å². The third-order valence-electron chi connectivity index (χ3n) is 7.25. The number of pyridine rings is 1. The third kappa shape index (κ3) is 7.60. The topological polar surface area (TPSA) is 113 Å². The molecule has 0 unspecified atom stereocenters. The lowest BCUT2D eigenvalue weighted by Crippen LogP contribution is -2.47. The molecular weight excluding hydrogens is 516 g/mol. The number of nitrogens with one attached hydrogen (secondary N) is 2. The number of piperidine rings is 2. The average Bonchev–Trinajstić information content (AvgIpc) is 2.92. The van der Waals surface area contributed by atoms with Gasteiger partial charge in [0.2, 0.25) is 5.91 Å². The van der Waals surface area contributed by atoms with Crippen molar-refractivity contribution in [3.05, 3.63) is 57.8 Å². The highest BCUT2D eigenvalue weighted by Crippen LogP contribution is 2.36. The number of hydrogen-bond acceptors (Lipinski definition) is 8. The van der Waals surface area contributed by atoms with E-state index in [0.29, 0.717) is 39.6 Å². The molecule has 3 heterocycles. The van der Waals surface area contributed by atoms with Gasteiger partial charge in [-0.3, -0.25) is 19.8 Å². The number of anilines is 2. The van der Waals surface area contributed by atoms with Crippen molar-refractivity contribution in [2.75, 3.05) is 43.8 Å². The Kier molecular flexibility index (Phi) is 9.28. The molecule has 0 atom stereocenters. The smallest absolute Gasteiger partial charge is 0.416 e. The number of alkyl halides is 3. The summed E-state index contributed by atoms with van der Waals surface area (Å²) in [6.07, 6.45) is -0.231. The van der Waals surface area contributed by atoms with Gasteiger partial charge < -0.3 is 20.1 Å². The van der Waals surface area contributed by atoms with Gasteiger partial charge in [-0.05, 0) is 68.6 Å². The fraction of sp³-hybridized carbons (Fsp3) is 0.520. The number of benzene rings is 1. The molecule has 0 radical (unpaired) electrons. The summed E-state index contributed by atoms with van der Waals surface area (Å²) in [5.41, 5.74) is -0.475. The molecule has 2 fully saturated rings. The number of carbonyl (C=O) groups is 1. The van der Waals surface area contributed by atoms with E-state index in [1.165, 1.54) is 0 Å². The highest BCUT2D eigenvalue weighted by Gasteiger charge is 2.34. The number of amides is 1. The van der Waals surface area contributed by atoms with Gasteiger partial charge in [-0.25, -0.2) is 4.98 Å². The molecule has 0 spiro atoms. The van der Waals surface area contributed by atoms with Crippen molar-refractivity contribution in [2.45, 2.75) is 44.4 Å². The maximum absolute atomic E-state index is 13.2. The maximum Gasteiger partial charge on any atom is 0.416 e.